The fourth-order valence-electron chi connectivity index (χ4n) is 4.02. The van der Waals surface area contributed by atoms with Crippen LogP contribution in [-0.2, 0) is 11.3 Å². The van der Waals surface area contributed by atoms with E-state index in [-0.39, 0.29) is 18.4 Å². The van der Waals surface area contributed by atoms with Crippen molar-refractivity contribution in [2.45, 2.75) is 6.54 Å². The normalized spacial score (nSPS) is 14.1. The van der Waals surface area contributed by atoms with Crippen LogP contribution in [0.25, 0.3) is 11.6 Å². The number of para-hydroxylation sites is 1. The average molecular weight is 462 g/mol. The van der Waals surface area contributed by atoms with Crippen molar-refractivity contribution in [3.8, 4) is 17.2 Å². The zero-order valence-electron chi connectivity index (χ0n) is 19.2. The topological polar surface area (TPSA) is 55.8 Å². The highest BCUT2D eigenvalue weighted by Crippen LogP contribution is 2.32. The standard InChI is InChI=1S/C30H23NO4/c1-34-23-15-13-22(14-16-23)20-31-29(32)27-10-6-5-9-26(27)28(30(31)33)19-21-11-17-25(18-12-21)35-24-7-3-2-4-8-24/h2-19H,20H2,1H3. The van der Waals surface area contributed by atoms with Crippen LogP contribution in [0.5, 0.6) is 17.2 Å². The first-order valence-corrected chi connectivity index (χ1v) is 11.3. The molecule has 1 aliphatic rings. The van der Waals surface area contributed by atoms with Crippen LogP contribution < -0.4 is 9.47 Å². The fraction of sp³-hybridized carbons (Fsp3) is 0.0667. The first-order chi connectivity index (χ1) is 17.1. The number of fused-ring (bicyclic) bond motifs is 1. The van der Waals surface area contributed by atoms with Crippen LogP contribution in [0.15, 0.2) is 103 Å². The quantitative estimate of drug-likeness (QED) is 0.253. The molecule has 5 nitrogen and oxygen atoms in total. The number of rotatable bonds is 6. The van der Waals surface area contributed by atoms with E-state index in [2.05, 4.69) is 0 Å². The summed E-state index contributed by atoms with van der Waals surface area (Å²) in [6.45, 7) is 0.178. The molecule has 172 valence electrons. The molecule has 1 aliphatic heterocycles. The van der Waals surface area contributed by atoms with E-state index in [9.17, 15) is 9.59 Å². The molecule has 0 aromatic heterocycles. The third-order valence-electron chi connectivity index (χ3n) is 5.84. The maximum Gasteiger partial charge on any atom is 0.261 e. The molecule has 1 heterocycles. The number of amides is 2. The van der Waals surface area contributed by atoms with Gasteiger partial charge in [0.2, 0.25) is 0 Å². The van der Waals surface area contributed by atoms with Crippen molar-refractivity contribution in [1.29, 1.82) is 0 Å². The SMILES string of the molecule is COc1ccc(CN2C(=O)C(=Cc3ccc(Oc4ccccc4)cc3)c3ccccc3C2=O)cc1. The molecule has 2 amide bonds. The van der Waals surface area contributed by atoms with Gasteiger partial charge in [-0.15, -0.1) is 0 Å². The molecule has 0 N–H and O–H groups in total. The van der Waals surface area contributed by atoms with Crippen LogP contribution in [0.3, 0.4) is 0 Å². The van der Waals surface area contributed by atoms with Crippen molar-refractivity contribution in [2.24, 2.45) is 0 Å². The molecule has 0 spiro atoms. The Morgan fingerprint density at radius 3 is 1.94 bits per heavy atom. The van der Waals surface area contributed by atoms with Gasteiger partial charge >= 0.3 is 0 Å². The van der Waals surface area contributed by atoms with E-state index in [1.54, 1.807) is 13.2 Å². The number of carbonyl (C=O) groups excluding carboxylic acids is 2. The minimum atomic E-state index is -0.325. The predicted octanol–water partition coefficient (Wildman–Crippen LogP) is 6.21. The van der Waals surface area contributed by atoms with E-state index in [0.29, 0.717) is 22.4 Å². The lowest BCUT2D eigenvalue weighted by Gasteiger charge is -2.28. The van der Waals surface area contributed by atoms with Gasteiger partial charge in [0, 0.05) is 11.1 Å². The number of nitrogens with zero attached hydrogens (tertiary/aromatic N) is 1. The molecule has 0 unspecified atom stereocenters. The van der Waals surface area contributed by atoms with Gasteiger partial charge in [-0.05, 0) is 65.2 Å². The Hall–Kier alpha value is -4.64. The van der Waals surface area contributed by atoms with Crippen LogP contribution in [0.2, 0.25) is 0 Å². The van der Waals surface area contributed by atoms with Crippen molar-refractivity contribution in [3.05, 3.63) is 125 Å². The van der Waals surface area contributed by atoms with Crippen LogP contribution in [0.1, 0.15) is 27.0 Å². The molecule has 0 atom stereocenters. The lowest BCUT2D eigenvalue weighted by atomic mass is 9.91. The Balaban J connectivity index is 1.45. The second kappa shape index (κ2) is 9.69. The van der Waals surface area contributed by atoms with E-state index in [4.69, 9.17) is 9.47 Å². The maximum atomic E-state index is 13.5. The Bertz CT molecular complexity index is 1390. The molecule has 0 saturated heterocycles. The molecule has 4 aromatic rings. The Kier molecular flexibility index (Phi) is 6.14. The highest BCUT2D eigenvalue weighted by Gasteiger charge is 2.34. The lowest BCUT2D eigenvalue weighted by Crippen LogP contribution is -2.41. The number of hydrogen-bond donors (Lipinski definition) is 0. The van der Waals surface area contributed by atoms with E-state index in [0.717, 1.165) is 22.6 Å². The molecule has 35 heavy (non-hydrogen) atoms. The molecule has 0 aliphatic carbocycles. The summed E-state index contributed by atoms with van der Waals surface area (Å²) >= 11 is 0. The first-order valence-electron chi connectivity index (χ1n) is 11.3. The van der Waals surface area contributed by atoms with Crippen LogP contribution in [-0.4, -0.2) is 23.8 Å². The van der Waals surface area contributed by atoms with Gasteiger partial charge in [-0.25, -0.2) is 0 Å². The zero-order valence-corrected chi connectivity index (χ0v) is 19.2. The highest BCUT2D eigenvalue weighted by atomic mass is 16.5. The summed E-state index contributed by atoms with van der Waals surface area (Å²) in [5.41, 5.74) is 3.30. The number of benzene rings is 4. The number of hydrogen-bond acceptors (Lipinski definition) is 4. The summed E-state index contributed by atoms with van der Waals surface area (Å²) in [6.07, 6.45) is 1.82. The van der Waals surface area contributed by atoms with Gasteiger partial charge in [0.1, 0.15) is 17.2 Å². The number of ether oxygens (including phenoxy) is 2. The van der Waals surface area contributed by atoms with Crippen molar-refractivity contribution in [2.75, 3.05) is 7.11 Å². The fourth-order valence-corrected chi connectivity index (χ4v) is 4.02. The van der Waals surface area contributed by atoms with Gasteiger partial charge < -0.3 is 9.47 Å². The van der Waals surface area contributed by atoms with E-state index < -0.39 is 0 Å². The van der Waals surface area contributed by atoms with E-state index in [1.165, 1.54) is 4.90 Å². The number of methoxy groups -OCH3 is 1. The van der Waals surface area contributed by atoms with Gasteiger partial charge in [0.25, 0.3) is 11.8 Å². The van der Waals surface area contributed by atoms with Crippen molar-refractivity contribution in [3.63, 3.8) is 0 Å². The number of imide groups is 1. The summed E-state index contributed by atoms with van der Waals surface area (Å²) in [4.78, 5) is 28.0. The Labute approximate surface area is 203 Å². The molecular formula is C30H23NO4. The summed E-state index contributed by atoms with van der Waals surface area (Å²) in [5, 5.41) is 0. The Morgan fingerprint density at radius 2 is 1.26 bits per heavy atom. The minimum absolute atomic E-state index is 0.178. The molecular weight excluding hydrogens is 438 g/mol. The van der Waals surface area contributed by atoms with Gasteiger partial charge in [0.15, 0.2) is 0 Å². The second-order valence-electron chi connectivity index (χ2n) is 8.13. The smallest absolute Gasteiger partial charge is 0.261 e. The molecule has 0 fully saturated rings. The summed E-state index contributed by atoms with van der Waals surface area (Å²) < 4.78 is 11.1. The summed E-state index contributed by atoms with van der Waals surface area (Å²) in [6, 6.07) is 31.6. The average Bonchev–Trinajstić information content (AvgIpc) is 2.91. The largest absolute Gasteiger partial charge is 0.497 e. The van der Waals surface area contributed by atoms with Crippen LogP contribution in [0.4, 0.5) is 0 Å². The van der Waals surface area contributed by atoms with Gasteiger partial charge in [-0.2, -0.15) is 0 Å². The van der Waals surface area contributed by atoms with E-state index in [1.807, 2.05) is 103 Å². The third-order valence-corrected chi connectivity index (χ3v) is 5.84. The molecule has 0 bridgehead atoms. The van der Waals surface area contributed by atoms with E-state index >= 15 is 0 Å². The maximum absolute atomic E-state index is 13.5. The zero-order chi connectivity index (χ0) is 24.2. The second-order valence-corrected chi connectivity index (χ2v) is 8.13. The Morgan fingerprint density at radius 1 is 0.657 bits per heavy atom. The van der Waals surface area contributed by atoms with Gasteiger partial charge in [-0.1, -0.05) is 60.7 Å². The molecule has 5 heteroatoms. The van der Waals surface area contributed by atoms with Crippen LogP contribution >= 0.6 is 0 Å². The molecule has 0 saturated carbocycles. The predicted molar refractivity (Wildman–Crippen MR) is 135 cm³/mol. The van der Waals surface area contributed by atoms with Gasteiger partial charge in [-0.3, -0.25) is 14.5 Å². The van der Waals surface area contributed by atoms with Crippen LogP contribution in [0, 0.1) is 0 Å². The van der Waals surface area contributed by atoms with Crippen molar-refractivity contribution >= 4 is 23.5 Å². The van der Waals surface area contributed by atoms with Crippen molar-refractivity contribution < 1.29 is 19.1 Å². The minimum Gasteiger partial charge on any atom is -0.497 e. The highest BCUT2D eigenvalue weighted by molar-refractivity contribution is 6.33. The monoisotopic (exact) mass is 461 g/mol. The van der Waals surface area contributed by atoms with Gasteiger partial charge in [0.05, 0.1) is 13.7 Å². The summed E-state index contributed by atoms with van der Waals surface area (Å²) in [5.74, 6) is 1.54. The molecule has 5 rings (SSSR count). The lowest BCUT2D eigenvalue weighted by molar-refractivity contribution is -0.123. The van der Waals surface area contributed by atoms with Crippen molar-refractivity contribution in [1.82, 2.24) is 4.90 Å². The molecule has 4 aromatic carbocycles. The summed E-state index contributed by atoms with van der Waals surface area (Å²) in [7, 11) is 1.60. The first kappa shape index (κ1) is 22.2. The number of carbonyl (C=O) groups is 2. The molecule has 0 radical (unpaired) electrons. The third kappa shape index (κ3) is 4.70.